The minimum atomic E-state index is 0. The minimum absolute atomic E-state index is 0. The zero-order valence-electron chi connectivity index (χ0n) is 3.16. The van der Waals surface area contributed by atoms with Crippen LogP contribution in [0.1, 0.15) is 1.43 Å². The molecule has 4 heteroatoms. The summed E-state index contributed by atoms with van der Waals surface area (Å²) >= 11 is 1.06. The number of rotatable bonds is 0. The van der Waals surface area contributed by atoms with Crippen LogP contribution in [0.3, 0.4) is 0 Å². The van der Waals surface area contributed by atoms with Crippen molar-refractivity contribution in [2.24, 2.45) is 0 Å². The molecule has 0 spiro atoms. The first-order chi connectivity index (χ1) is 1.00. The van der Waals surface area contributed by atoms with E-state index in [4.69, 9.17) is 3.67 Å². The Kier molecular flexibility index (Phi) is 95.0. The van der Waals surface area contributed by atoms with E-state index in [1.165, 1.54) is 0 Å². The first-order valence-electron chi connectivity index (χ1n) is 0.183. The van der Waals surface area contributed by atoms with E-state index in [2.05, 4.69) is 0 Å². The fourth-order valence-electron chi connectivity index (χ4n) is 0. The van der Waals surface area contributed by atoms with Gasteiger partial charge < -0.3 is 1.43 Å². The van der Waals surface area contributed by atoms with Crippen molar-refractivity contribution in [2.45, 2.75) is 0 Å². The third-order valence-corrected chi connectivity index (χ3v) is 0. The Hall–Kier alpha value is 1.72. The van der Waals surface area contributed by atoms with E-state index in [1.54, 1.807) is 0 Å². The summed E-state index contributed by atoms with van der Waals surface area (Å²) in [6.45, 7) is 0. The molecule has 0 saturated carbocycles. The molecule has 1 radical (unpaired) electrons. The SMILES string of the molecule is [Ag].[H-].[Li+].[O]=[V]. The van der Waals surface area contributed by atoms with Gasteiger partial charge in [0.25, 0.3) is 0 Å². The van der Waals surface area contributed by atoms with Crippen molar-refractivity contribution in [2.75, 3.05) is 0 Å². The molecule has 0 aliphatic carbocycles. The van der Waals surface area contributed by atoms with E-state index in [1.807, 2.05) is 0 Å². The second-order valence-corrected chi connectivity index (χ2v) is 0. The first kappa shape index (κ1) is 17.2. The molecule has 0 aromatic rings. The number of hydrogen-bond donors (Lipinski definition) is 0. The van der Waals surface area contributed by atoms with Gasteiger partial charge in [0.05, 0.1) is 0 Å². The van der Waals surface area contributed by atoms with Gasteiger partial charge in [-0.3, -0.25) is 0 Å². The molecule has 0 aliphatic heterocycles. The van der Waals surface area contributed by atoms with Gasteiger partial charge in [0.2, 0.25) is 0 Å². The van der Waals surface area contributed by atoms with Gasteiger partial charge in [0, 0.05) is 22.4 Å². The Morgan fingerprint density at radius 2 is 1.50 bits per heavy atom. The van der Waals surface area contributed by atoms with Crippen LogP contribution in [0.5, 0.6) is 0 Å². The molecule has 0 heterocycles. The molecule has 0 unspecified atom stereocenters. The molecule has 0 saturated heterocycles. The molecule has 0 rings (SSSR count). The van der Waals surface area contributed by atoms with Gasteiger partial charge in [-0.05, 0) is 0 Å². The first-order valence-corrected chi connectivity index (χ1v) is 0.753. The quantitative estimate of drug-likeness (QED) is 0.365. The van der Waals surface area contributed by atoms with E-state index >= 15 is 0 Å². The summed E-state index contributed by atoms with van der Waals surface area (Å²) in [6.07, 6.45) is 0. The van der Waals surface area contributed by atoms with Gasteiger partial charge in [0.1, 0.15) is 0 Å². The third-order valence-electron chi connectivity index (χ3n) is 0. The molecule has 0 atom stereocenters. The molecule has 0 amide bonds. The topological polar surface area (TPSA) is 17.1 Å². The van der Waals surface area contributed by atoms with Crippen molar-refractivity contribution >= 4 is 0 Å². The van der Waals surface area contributed by atoms with Crippen molar-refractivity contribution in [3.63, 3.8) is 0 Å². The summed E-state index contributed by atoms with van der Waals surface area (Å²) in [5, 5.41) is 0. The summed E-state index contributed by atoms with van der Waals surface area (Å²) in [7, 11) is 0. The van der Waals surface area contributed by atoms with Crippen LogP contribution in [0.15, 0.2) is 0 Å². The van der Waals surface area contributed by atoms with Gasteiger partial charge in [-0.1, -0.05) is 0 Å². The second kappa shape index (κ2) is 22.1. The zero-order valence-corrected chi connectivity index (χ0v) is 5.04. The maximum atomic E-state index is 8.19. The van der Waals surface area contributed by atoms with Gasteiger partial charge in [-0.25, -0.2) is 0 Å². The average molecular weight is 183 g/mol. The molecule has 1 nitrogen and oxygen atoms in total. The summed E-state index contributed by atoms with van der Waals surface area (Å²) in [6, 6.07) is 0. The van der Waals surface area contributed by atoms with Crippen LogP contribution in [-0.4, -0.2) is 0 Å². The third kappa shape index (κ3) is 9.30. The second-order valence-electron chi connectivity index (χ2n) is 0. The molecule has 4 heavy (non-hydrogen) atoms. The molecule has 0 aromatic heterocycles. The van der Waals surface area contributed by atoms with Crippen LogP contribution in [0.2, 0.25) is 0 Å². The summed E-state index contributed by atoms with van der Waals surface area (Å²) in [5.74, 6) is 0. The monoisotopic (exact) mass is 182 g/mol. The fraction of sp³-hybridized carbons (Fsp3) is 0. The zero-order chi connectivity index (χ0) is 2.00. The van der Waals surface area contributed by atoms with Crippen LogP contribution in [0.4, 0.5) is 0 Å². The van der Waals surface area contributed by atoms with Gasteiger partial charge in [0.15, 0.2) is 0 Å². The molecule has 0 bridgehead atoms. The summed E-state index contributed by atoms with van der Waals surface area (Å²) in [5.41, 5.74) is 0. The average Bonchev–Trinajstić information content (AvgIpc) is 1.00. The fourth-order valence-corrected chi connectivity index (χ4v) is 0. The Bertz CT molecular complexity index is 11.6. The van der Waals surface area contributed by atoms with Crippen LogP contribution in [-0.2, 0) is 43.4 Å². The van der Waals surface area contributed by atoms with Crippen molar-refractivity contribution in [3.8, 4) is 0 Å². The Balaban J connectivity index is -0.00000000167. The van der Waals surface area contributed by atoms with Crippen LogP contribution in [0, 0.1) is 0 Å². The van der Waals surface area contributed by atoms with Gasteiger partial charge >= 0.3 is 39.9 Å². The summed E-state index contributed by atoms with van der Waals surface area (Å²) < 4.78 is 8.19. The molecular weight excluding hydrogens is 182 g/mol. The van der Waals surface area contributed by atoms with E-state index in [0.29, 0.717) is 0 Å². The van der Waals surface area contributed by atoms with Gasteiger partial charge in [-0.15, -0.1) is 0 Å². The van der Waals surface area contributed by atoms with Crippen LogP contribution >= 0.6 is 0 Å². The molecule has 0 fully saturated rings. The molecule has 0 aliphatic rings. The van der Waals surface area contributed by atoms with E-state index < -0.39 is 0 Å². The standard InChI is InChI=1S/Ag.Li.O.V.H/q;+1;;;-1. The van der Waals surface area contributed by atoms with E-state index in [0.717, 1.165) is 17.4 Å². The summed E-state index contributed by atoms with van der Waals surface area (Å²) in [4.78, 5) is 0. The Morgan fingerprint density at radius 1 is 1.50 bits per heavy atom. The number of hydrogen-bond acceptors (Lipinski definition) is 1. The predicted octanol–water partition coefficient (Wildman–Crippen LogP) is -3.01. The molecular formula is HAgLiOV. The molecule has 24 valence electrons. The van der Waals surface area contributed by atoms with Crippen molar-refractivity contribution < 1.29 is 63.7 Å². The van der Waals surface area contributed by atoms with Crippen molar-refractivity contribution in [1.82, 2.24) is 0 Å². The van der Waals surface area contributed by atoms with Crippen LogP contribution in [0.25, 0.3) is 0 Å². The van der Waals surface area contributed by atoms with Crippen LogP contribution < -0.4 is 18.9 Å². The normalized spacial score (nSPS) is 0.750. The van der Waals surface area contributed by atoms with Crippen molar-refractivity contribution in [3.05, 3.63) is 0 Å². The van der Waals surface area contributed by atoms with E-state index in [9.17, 15) is 0 Å². The molecule has 0 N–H and O–H groups in total. The molecule has 0 aromatic carbocycles. The van der Waals surface area contributed by atoms with Gasteiger partial charge in [-0.2, -0.15) is 0 Å². The van der Waals surface area contributed by atoms with E-state index in [-0.39, 0.29) is 42.7 Å². The maximum absolute atomic E-state index is 8.19. The Morgan fingerprint density at radius 3 is 1.50 bits per heavy atom. The Labute approximate surface area is 63.3 Å². The van der Waals surface area contributed by atoms with Crippen molar-refractivity contribution in [1.29, 1.82) is 0 Å². The predicted molar refractivity (Wildman–Crippen MR) is 1.80 cm³/mol.